The maximum atomic E-state index is 12.2. The summed E-state index contributed by atoms with van der Waals surface area (Å²) in [5.41, 5.74) is 0.516. The molecule has 0 fully saturated rings. The normalized spacial score (nSPS) is 12.1. The van der Waals surface area contributed by atoms with Gasteiger partial charge in [-0.15, -0.1) is 0 Å². The molecule has 1 atom stereocenters. The Morgan fingerprint density at radius 1 is 1.28 bits per heavy atom. The van der Waals surface area contributed by atoms with E-state index in [4.69, 9.17) is 0 Å². The zero-order chi connectivity index (χ0) is 13.0. The van der Waals surface area contributed by atoms with Crippen molar-refractivity contribution in [3.05, 3.63) is 54.6 Å². The first-order valence-electron chi connectivity index (χ1n) is 5.43. The second-order valence-electron chi connectivity index (χ2n) is 3.79. The minimum Gasteiger partial charge on any atom is -0.287 e. The van der Waals surface area contributed by atoms with E-state index < -0.39 is 10.8 Å². The molecule has 5 heteroatoms. The molecular weight excluding hydrogens is 248 g/mol. The average Bonchev–Trinajstić information content (AvgIpc) is 2.40. The van der Waals surface area contributed by atoms with Crippen LogP contribution >= 0.6 is 0 Å². The highest BCUT2D eigenvalue weighted by atomic mass is 32.2. The van der Waals surface area contributed by atoms with E-state index in [2.05, 4.69) is 4.98 Å². The molecule has 4 nitrogen and oxygen atoms in total. The fourth-order valence-electron chi connectivity index (χ4n) is 1.65. The lowest BCUT2D eigenvalue weighted by atomic mass is 10.1. The van der Waals surface area contributed by atoms with Gasteiger partial charge in [-0.05, 0) is 12.1 Å². The van der Waals surface area contributed by atoms with E-state index in [0.29, 0.717) is 10.5 Å². The van der Waals surface area contributed by atoms with Crippen LogP contribution < -0.4 is 4.57 Å². The quantitative estimate of drug-likeness (QED) is 0.609. The summed E-state index contributed by atoms with van der Waals surface area (Å²) in [6.07, 6.45) is 8.27. The molecule has 0 saturated heterocycles. The summed E-state index contributed by atoms with van der Waals surface area (Å²) >= 11 is 0. The number of carbonyl (C=O) groups excluding carboxylic acids is 1. The van der Waals surface area contributed by atoms with Crippen LogP contribution in [0.1, 0.15) is 10.4 Å². The zero-order valence-corrected chi connectivity index (χ0v) is 10.8. The molecule has 0 spiro atoms. The number of hydrogen-bond acceptors (Lipinski definition) is 3. The van der Waals surface area contributed by atoms with Crippen molar-refractivity contribution < 1.29 is 13.6 Å². The molecule has 1 unspecified atom stereocenters. The summed E-state index contributed by atoms with van der Waals surface area (Å²) in [5, 5.41) is 0. The van der Waals surface area contributed by atoms with Crippen LogP contribution in [0.15, 0.2) is 53.9 Å². The summed E-state index contributed by atoms with van der Waals surface area (Å²) < 4.78 is 13.3. The average molecular weight is 261 g/mol. The molecule has 0 aliphatic rings. The fraction of sp³-hybridized carbons (Fsp3) is 0.154. The van der Waals surface area contributed by atoms with E-state index in [-0.39, 0.29) is 12.3 Å². The Hall–Kier alpha value is -1.88. The number of hydrogen-bond donors (Lipinski definition) is 0. The van der Waals surface area contributed by atoms with Gasteiger partial charge in [-0.3, -0.25) is 14.0 Å². The van der Waals surface area contributed by atoms with E-state index in [0.717, 1.165) is 0 Å². The molecule has 0 radical (unpaired) electrons. The number of rotatable bonds is 4. The van der Waals surface area contributed by atoms with Crippen LogP contribution in [-0.2, 0) is 17.3 Å². The highest BCUT2D eigenvalue weighted by molar-refractivity contribution is 7.84. The Balaban J connectivity index is 2.27. The van der Waals surface area contributed by atoms with Crippen LogP contribution in [0.2, 0.25) is 0 Å². The van der Waals surface area contributed by atoms with Gasteiger partial charge in [0.05, 0.1) is 23.2 Å². The van der Waals surface area contributed by atoms with Gasteiger partial charge in [0, 0.05) is 16.7 Å². The van der Waals surface area contributed by atoms with E-state index >= 15 is 0 Å². The van der Waals surface area contributed by atoms with Gasteiger partial charge in [0.15, 0.2) is 12.4 Å². The van der Waals surface area contributed by atoms with Crippen molar-refractivity contribution in [1.82, 2.24) is 4.98 Å². The van der Waals surface area contributed by atoms with Crippen LogP contribution in [0, 0.1) is 0 Å². The SMILES string of the molecule is CS(=O)c1ccccc1C(=O)C[n+]1ccncc1. The van der Waals surface area contributed by atoms with Gasteiger partial charge in [0.1, 0.15) is 0 Å². The van der Waals surface area contributed by atoms with Gasteiger partial charge >= 0.3 is 0 Å². The lowest BCUT2D eigenvalue weighted by Crippen LogP contribution is -2.37. The van der Waals surface area contributed by atoms with Crippen molar-refractivity contribution in [2.75, 3.05) is 6.26 Å². The lowest BCUT2D eigenvalue weighted by molar-refractivity contribution is -0.683. The predicted molar refractivity (Wildman–Crippen MR) is 67.5 cm³/mol. The topological polar surface area (TPSA) is 50.9 Å². The van der Waals surface area contributed by atoms with E-state index in [1.807, 2.05) is 0 Å². The summed E-state index contributed by atoms with van der Waals surface area (Å²) in [4.78, 5) is 16.6. The number of ketones is 1. The van der Waals surface area contributed by atoms with Gasteiger partial charge in [0.25, 0.3) is 0 Å². The smallest absolute Gasteiger partial charge is 0.228 e. The highest BCUT2D eigenvalue weighted by Gasteiger charge is 2.16. The van der Waals surface area contributed by atoms with Gasteiger partial charge in [-0.1, -0.05) is 12.1 Å². The number of benzene rings is 1. The third-order valence-corrected chi connectivity index (χ3v) is 3.49. The van der Waals surface area contributed by atoms with Crippen molar-refractivity contribution in [1.29, 1.82) is 0 Å². The van der Waals surface area contributed by atoms with Crippen molar-refractivity contribution in [3.63, 3.8) is 0 Å². The zero-order valence-electron chi connectivity index (χ0n) is 9.95. The maximum absolute atomic E-state index is 12.2. The van der Waals surface area contributed by atoms with Gasteiger partial charge in [-0.25, -0.2) is 0 Å². The number of Topliss-reactive ketones (excluding diaryl/α,β-unsaturated/α-hetero) is 1. The van der Waals surface area contributed by atoms with E-state index in [9.17, 15) is 9.00 Å². The second kappa shape index (κ2) is 5.64. The molecule has 2 aromatic rings. The van der Waals surface area contributed by atoms with Crippen LogP contribution in [0.5, 0.6) is 0 Å². The first-order chi connectivity index (χ1) is 8.68. The number of aromatic nitrogens is 2. The monoisotopic (exact) mass is 261 g/mol. The van der Waals surface area contributed by atoms with Crippen molar-refractivity contribution >= 4 is 16.6 Å². The Kier molecular flexibility index (Phi) is 3.94. The number of nitrogens with zero attached hydrogens (tertiary/aromatic N) is 2. The van der Waals surface area contributed by atoms with Crippen molar-refractivity contribution in [2.24, 2.45) is 0 Å². The van der Waals surface area contributed by atoms with Crippen LogP contribution in [0.25, 0.3) is 0 Å². The van der Waals surface area contributed by atoms with Crippen LogP contribution in [0.4, 0.5) is 0 Å². The van der Waals surface area contributed by atoms with Crippen LogP contribution in [-0.4, -0.2) is 21.2 Å². The molecule has 2 rings (SSSR count). The summed E-state index contributed by atoms with van der Waals surface area (Å²) in [6.45, 7) is 0.219. The first kappa shape index (κ1) is 12.6. The summed E-state index contributed by atoms with van der Waals surface area (Å²) in [7, 11) is -1.16. The summed E-state index contributed by atoms with van der Waals surface area (Å²) in [5.74, 6) is -0.0583. The van der Waals surface area contributed by atoms with E-state index in [1.165, 1.54) is 0 Å². The Morgan fingerprint density at radius 2 is 1.94 bits per heavy atom. The van der Waals surface area contributed by atoms with E-state index in [1.54, 1.807) is 59.9 Å². The molecule has 1 heterocycles. The predicted octanol–water partition coefficient (Wildman–Crippen LogP) is 0.989. The fourth-order valence-corrected chi connectivity index (χ4v) is 2.41. The largest absolute Gasteiger partial charge is 0.287 e. The molecule has 0 N–H and O–H groups in total. The Bertz CT molecular complexity index is 585. The lowest BCUT2D eigenvalue weighted by Gasteiger charge is -2.03. The minimum absolute atomic E-state index is 0.0583. The molecule has 0 bridgehead atoms. The van der Waals surface area contributed by atoms with Gasteiger partial charge in [-0.2, -0.15) is 4.57 Å². The van der Waals surface area contributed by atoms with Crippen LogP contribution in [0.3, 0.4) is 0 Å². The number of carbonyl (C=O) groups is 1. The van der Waals surface area contributed by atoms with Gasteiger partial charge in [0.2, 0.25) is 12.3 Å². The second-order valence-corrected chi connectivity index (χ2v) is 5.14. The Morgan fingerprint density at radius 3 is 2.61 bits per heavy atom. The first-order valence-corrected chi connectivity index (χ1v) is 6.99. The highest BCUT2D eigenvalue weighted by Crippen LogP contribution is 2.13. The molecule has 0 saturated carbocycles. The molecule has 18 heavy (non-hydrogen) atoms. The Labute approximate surface area is 108 Å². The third kappa shape index (κ3) is 2.87. The van der Waals surface area contributed by atoms with Gasteiger partial charge < -0.3 is 0 Å². The molecular formula is C13H13N2O2S+. The van der Waals surface area contributed by atoms with Crippen molar-refractivity contribution in [3.8, 4) is 0 Å². The third-order valence-electron chi connectivity index (χ3n) is 2.51. The molecule has 1 aromatic heterocycles. The molecule has 0 aliphatic heterocycles. The maximum Gasteiger partial charge on any atom is 0.228 e. The summed E-state index contributed by atoms with van der Waals surface area (Å²) in [6, 6.07) is 7.00. The molecule has 92 valence electrons. The standard InChI is InChI=1S/C13H13N2O2S/c1-18(17)13-5-3-2-4-11(13)12(16)10-15-8-6-14-7-9-15/h2-9H,10H2,1H3/q+1. The van der Waals surface area contributed by atoms with Crippen molar-refractivity contribution in [2.45, 2.75) is 11.4 Å². The molecule has 0 amide bonds. The molecule has 0 aliphatic carbocycles. The minimum atomic E-state index is -1.16. The molecule has 1 aromatic carbocycles.